The molecule has 1 aliphatic rings. The summed E-state index contributed by atoms with van der Waals surface area (Å²) in [5, 5.41) is 7.85. The fourth-order valence-electron chi connectivity index (χ4n) is 2.75. The molecule has 1 aromatic carbocycles. The van der Waals surface area contributed by atoms with Gasteiger partial charge in [-0.15, -0.1) is 0 Å². The van der Waals surface area contributed by atoms with Crippen LogP contribution in [-0.4, -0.2) is 34.3 Å². The maximum Gasteiger partial charge on any atom is 0.359 e. The molecule has 1 amide bonds. The molecular weight excluding hydrogens is 334 g/mol. The van der Waals surface area contributed by atoms with Gasteiger partial charge in [-0.05, 0) is 25.3 Å². The summed E-state index contributed by atoms with van der Waals surface area (Å²) in [5.74, 6) is -1.02. The van der Waals surface area contributed by atoms with Gasteiger partial charge in [-0.1, -0.05) is 38.0 Å². The topological polar surface area (TPSA) is 90.3 Å². The van der Waals surface area contributed by atoms with E-state index in [0.717, 1.165) is 32.1 Å². The number of rotatable bonds is 8. The van der Waals surface area contributed by atoms with Crippen LogP contribution in [0.15, 0.2) is 29.1 Å². The number of carbonyl (C=O) groups excluding carboxylic acids is 2. The van der Waals surface area contributed by atoms with Gasteiger partial charge in [-0.25, -0.2) is 9.48 Å². The van der Waals surface area contributed by atoms with Gasteiger partial charge in [-0.2, -0.15) is 5.10 Å². The number of aryl methyl sites for hydroxylation is 1. The van der Waals surface area contributed by atoms with Crippen LogP contribution in [0.3, 0.4) is 0 Å². The van der Waals surface area contributed by atoms with Crippen molar-refractivity contribution in [1.82, 2.24) is 15.1 Å². The first-order valence-corrected chi connectivity index (χ1v) is 9.06. The molecule has 7 heteroatoms. The zero-order chi connectivity index (χ0) is 18.5. The van der Waals surface area contributed by atoms with Gasteiger partial charge in [0.05, 0.1) is 5.39 Å². The Balaban J connectivity index is 1.82. The summed E-state index contributed by atoms with van der Waals surface area (Å²) in [5.41, 5.74) is -0.157. The zero-order valence-corrected chi connectivity index (χ0v) is 14.9. The molecule has 0 aliphatic heterocycles. The fourth-order valence-corrected chi connectivity index (χ4v) is 2.75. The first-order valence-electron chi connectivity index (χ1n) is 9.06. The Morgan fingerprint density at radius 2 is 1.96 bits per heavy atom. The highest BCUT2D eigenvalue weighted by Gasteiger charge is 2.24. The van der Waals surface area contributed by atoms with E-state index in [1.807, 2.05) is 0 Å². The van der Waals surface area contributed by atoms with Gasteiger partial charge in [0.25, 0.3) is 11.5 Å². The van der Waals surface area contributed by atoms with E-state index in [9.17, 15) is 14.4 Å². The number of ether oxygens (including phenoxy) is 1. The number of esters is 1. The lowest BCUT2D eigenvalue weighted by Crippen LogP contribution is -2.31. The second kappa shape index (κ2) is 8.12. The molecule has 0 radical (unpaired) electrons. The molecule has 26 heavy (non-hydrogen) atoms. The van der Waals surface area contributed by atoms with Crippen molar-refractivity contribution in [2.24, 2.45) is 0 Å². The number of amides is 1. The molecule has 1 heterocycles. The van der Waals surface area contributed by atoms with Gasteiger partial charge in [0, 0.05) is 18.0 Å². The van der Waals surface area contributed by atoms with Crippen LogP contribution >= 0.6 is 0 Å². The number of carbonyl (C=O) groups is 2. The molecule has 0 atom stereocenters. The Morgan fingerprint density at radius 3 is 2.65 bits per heavy atom. The number of hydrogen-bond acceptors (Lipinski definition) is 5. The zero-order valence-electron chi connectivity index (χ0n) is 14.9. The Bertz CT molecular complexity index is 871. The highest BCUT2D eigenvalue weighted by atomic mass is 16.5. The lowest BCUT2D eigenvalue weighted by molar-refractivity contribution is -0.124. The summed E-state index contributed by atoms with van der Waals surface area (Å²) in [6.07, 6.45) is 4.73. The maximum absolute atomic E-state index is 12.6. The second-order valence-electron chi connectivity index (χ2n) is 6.55. The Hall–Kier alpha value is -2.70. The third-order valence-corrected chi connectivity index (χ3v) is 4.31. The highest BCUT2D eigenvalue weighted by molar-refractivity contribution is 6.02. The molecule has 0 unspecified atom stereocenters. The molecule has 1 N–H and O–H groups in total. The standard InChI is InChI=1S/C19H23N3O4/c1-2-3-6-11-22-18(24)15-8-5-4-7-14(15)17(21-22)19(25)26-12-16(23)20-13-9-10-13/h4-5,7-8,13H,2-3,6,9-12H2,1H3,(H,20,23). The molecule has 1 fully saturated rings. The van der Waals surface area contributed by atoms with Crippen LogP contribution in [0, 0.1) is 0 Å². The Kier molecular flexibility index (Phi) is 5.65. The van der Waals surface area contributed by atoms with Crippen molar-refractivity contribution in [2.75, 3.05) is 6.61 Å². The molecule has 2 aromatic rings. The molecular formula is C19H23N3O4. The minimum atomic E-state index is -0.698. The van der Waals surface area contributed by atoms with Crippen molar-refractivity contribution in [1.29, 1.82) is 0 Å². The van der Waals surface area contributed by atoms with Crippen molar-refractivity contribution in [3.05, 3.63) is 40.3 Å². The van der Waals surface area contributed by atoms with E-state index in [0.29, 0.717) is 17.3 Å². The fraction of sp³-hybridized carbons (Fsp3) is 0.474. The number of unbranched alkanes of at least 4 members (excludes halogenated alkanes) is 2. The van der Waals surface area contributed by atoms with Crippen LogP contribution in [0.25, 0.3) is 10.8 Å². The Labute approximate surface area is 151 Å². The van der Waals surface area contributed by atoms with Crippen LogP contribution in [0.5, 0.6) is 0 Å². The summed E-state index contributed by atoms with van der Waals surface area (Å²) < 4.78 is 6.44. The van der Waals surface area contributed by atoms with E-state index in [4.69, 9.17) is 4.74 Å². The van der Waals surface area contributed by atoms with E-state index in [-0.39, 0.29) is 29.8 Å². The summed E-state index contributed by atoms with van der Waals surface area (Å²) in [7, 11) is 0. The van der Waals surface area contributed by atoms with E-state index in [2.05, 4.69) is 17.3 Å². The molecule has 0 saturated heterocycles. The predicted octanol–water partition coefficient (Wildman–Crippen LogP) is 2.02. The van der Waals surface area contributed by atoms with Gasteiger partial charge < -0.3 is 10.1 Å². The quantitative estimate of drug-likeness (QED) is 0.577. The second-order valence-corrected chi connectivity index (χ2v) is 6.55. The molecule has 138 valence electrons. The smallest absolute Gasteiger partial charge is 0.359 e. The monoisotopic (exact) mass is 357 g/mol. The van der Waals surface area contributed by atoms with Crippen molar-refractivity contribution < 1.29 is 14.3 Å². The molecule has 3 rings (SSSR count). The number of fused-ring (bicyclic) bond motifs is 1. The van der Waals surface area contributed by atoms with Gasteiger partial charge in [0.2, 0.25) is 0 Å². The third-order valence-electron chi connectivity index (χ3n) is 4.31. The molecule has 0 bridgehead atoms. The average Bonchev–Trinajstić information content (AvgIpc) is 3.46. The van der Waals surface area contributed by atoms with Crippen molar-refractivity contribution in [3.8, 4) is 0 Å². The largest absolute Gasteiger partial charge is 0.451 e. The van der Waals surface area contributed by atoms with E-state index in [1.54, 1.807) is 24.3 Å². The summed E-state index contributed by atoms with van der Waals surface area (Å²) in [6.45, 7) is 2.17. The number of aromatic nitrogens is 2. The maximum atomic E-state index is 12.6. The van der Waals surface area contributed by atoms with Gasteiger partial charge >= 0.3 is 5.97 Å². The lowest BCUT2D eigenvalue weighted by Gasteiger charge is -2.11. The number of hydrogen-bond donors (Lipinski definition) is 1. The van der Waals surface area contributed by atoms with Crippen LogP contribution in [-0.2, 0) is 16.1 Å². The van der Waals surface area contributed by atoms with Crippen LogP contribution in [0.1, 0.15) is 49.5 Å². The van der Waals surface area contributed by atoms with Crippen molar-refractivity contribution >= 4 is 22.6 Å². The minimum Gasteiger partial charge on any atom is -0.451 e. The van der Waals surface area contributed by atoms with Gasteiger partial charge in [0.1, 0.15) is 0 Å². The molecule has 1 aromatic heterocycles. The molecule has 1 saturated carbocycles. The minimum absolute atomic E-state index is 0.0657. The van der Waals surface area contributed by atoms with E-state index < -0.39 is 5.97 Å². The molecule has 0 spiro atoms. The number of nitrogens with zero attached hydrogens (tertiary/aromatic N) is 2. The number of benzene rings is 1. The predicted molar refractivity (Wildman–Crippen MR) is 97.0 cm³/mol. The summed E-state index contributed by atoms with van der Waals surface area (Å²) in [4.78, 5) is 36.8. The third kappa shape index (κ3) is 4.28. The van der Waals surface area contributed by atoms with Gasteiger partial charge in [-0.3, -0.25) is 9.59 Å². The molecule has 1 aliphatic carbocycles. The van der Waals surface area contributed by atoms with Crippen molar-refractivity contribution in [2.45, 2.75) is 51.6 Å². The van der Waals surface area contributed by atoms with Gasteiger partial charge in [0.15, 0.2) is 12.3 Å². The first kappa shape index (κ1) is 18.1. The van der Waals surface area contributed by atoms with Crippen LogP contribution in [0.2, 0.25) is 0 Å². The van der Waals surface area contributed by atoms with E-state index in [1.165, 1.54) is 4.68 Å². The van der Waals surface area contributed by atoms with Crippen LogP contribution < -0.4 is 10.9 Å². The van der Waals surface area contributed by atoms with E-state index >= 15 is 0 Å². The number of nitrogens with one attached hydrogen (secondary N) is 1. The van der Waals surface area contributed by atoms with Crippen LogP contribution in [0.4, 0.5) is 0 Å². The van der Waals surface area contributed by atoms with Crippen molar-refractivity contribution in [3.63, 3.8) is 0 Å². The SMILES string of the molecule is CCCCCn1nc(C(=O)OCC(=O)NC2CC2)c2ccccc2c1=O. The summed E-state index contributed by atoms with van der Waals surface area (Å²) >= 11 is 0. The molecule has 7 nitrogen and oxygen atoms in total. The highest BCUT2D eigenvalue weighted by Crippen LogP contribution is 2.18. The lowest BCUT2D eigenvalue weighted by atomic mass is 10.1. The first-order chi connectivity index (χ1) is 12.6. The average molecular weight is 357 g/mol. The Morgan fingerprint density at radius 1 is 1.23 bits per heavy atom. The normalized spacial score (nSPS) is 13.6. The summed E-state index contributed by atoms with van der Waals surface area (Å²) in [6, 6.07) is 7.04.